The van der Waals surface area contributed by atoms with Crippen LogP contribution in [0, 0.1) is 18.8 Å². The summed E-state index contributed by atoms with van der Waals surface area (Å²) >= 11 is 0. The maximum Gasteiger partial charge on any atom is 0.425 e. The van der Waals surface area contributed by atoms with Crippen LogP contribution in [0.5, 0.6) is 0 Å². The number of nitrogens with one attached hydrogen (secondary N) is 2. The lowest BCUT2D eigenvalue weighted by atomic mass is 9.87. The van der Waals surface area contributed by atoms with E-state index in [2.05, 4.69) is 30.2 Å². The maximum absolute atomic E-state index is 12.7. The van der Waals surface area contributed by atoms with Crippen LogP contribution in [0.25, 0.3) is 0 Å². The molecule has 0 bridgehead atoms. The normalized spacial score (nSPS) is 20.0. The van der Waals surface area contributed by atoms with Crippen molar-refractivity contribution >= 4 is 29.5 Å². The fourth-order valence-electron chi connectivity index (χ4n) is 3.46. The van der Waals surface area contributed by atoms with Crippen molar-refractivity contribution in [2.24, 2.45) is 11.8 Å². The first-order valence-corrected chi connectivity index (χ1v) is 9.87. The summed E-state index contributed by atoms with van der Waals surface area (Å²) in [4.78, 5) is 34.1. The molecule has 3 rings (SSSR count). The Hall–Kier alpha value is -3.38. The van der Waals surface area contributed by atoms with Gasteiger partial charge in [0.05, 0.1) is 18.5 Å². The van der Waals surface area contributed by atoms with Gasteiger partial charge in [-0.15, -0.1) is 0 Å². The number of aromatic amines is 1. The van der Waals surface area contributed by atoms with E-state index in [1.165, 1.54) is 0 Å². The van der Waals surface area contributed by atoms with E-state index in [0.29, 0.717) is 17.3 Å². The summed E-state index contributed by atoms with van der Waals surface area (Å²) in [5.41, 5.74) is 0.615. The first-order valence-electron chi connectivity index (χ1n) is 9.87. The van der Waals surface area contributed by atoms with Crippen molar-refractivity contribution in [2.75, 3.05) is 23.3 Å². The Kier molecular flexibility index (Phi) is 6.84. The molecule has 1 aliphatic rings. The van der Waals surface area contributed by atoms with Gasteiger partial charge < -0.3 is 20.1 Å². The highest BCUT2D eigenvalue weighted by molar-refractivity contribution is 5.73. The van der Waals surface area contributed by atoms with Crippen LogP contribution in [0.3, 0.4) is 0 Å². The van der Waals surface area contributed by atoms with E-state index in [0.717, 1.165) is 6.92 Å². The molecule has 1 aliphatic heterocycles. The Morgan fingerprint density at radius 3 is 2.75 bits per heavy atom. The second kappa shape index (κ2) is 9.40. The minimum Gasteiger partial charge on any atom is -0.481 e. The third-order valence-electron chi connectivity index (χ3n) is 5.00. The fourth-order valence-corrected chi connectivity index (χ4v) is 3.46. The quantitative estimate of drug-likeness (QED) is 0.538. The molecule has 0 spiro atoms. The molecule has 0 amide bonds. The number of ether oxygens (including phenoxy) is 1. The van der Waals surface area contributed by atoms with E-state index < -0.39 is 36.1 Å². The highest BCUT2D eigenvalue weighted by atomic mass is 19.4. The van der Waals surface area contributed by atoms with Gasteiger partial charge in [0.25, 0.3) is 0 Å². The van der Waals surface area contributed by atoms with E-state index >= 15 is 0 Å². The van der Waals surface area contributed by atoms with Gasteiger partial charge in [-0.3, -0.25) is 14.7 Å². The smallest absolute Gasteiger partial charge is 0.425 e. The molecule has 0 aromatic carbocycles. The number of H-pyrrole nitrogens is 1. The van der Waals surface area contributed by atoms with Crippen molar-refractivity contribution in [1.29, 1.82) is 0 Å². The van der Waals surface area contributed by atoms with Crippen molar-refractivity contribution in [2.45, 2.75) is 39.0 Å². The number of carbonyl (C=O) groups excluding carboxylic acids is 1. The minimum atomic E-state index is -4.66. The van der Waals surface area contributed by atoms with E-state index in [-0.39, 0.29) is 31.9 Å². The number of aromatic nitrogens is 4. The average molecular weight is 456 g/mol. The number of carboxylic acids is 1. The van der Waals surface area contributed by atoms with Gasteiger partial charge in [-0.2, -0.15) is 23.3 Å². The monoisotopic (exact) mass is 456 g/mol. The fraction of sp³-hybridized carbons (Fsp3) is 0.526. The van der Waals surface area contributed by atoms with Crippen LogP contribution in [0.4, 0.5) is 30.8 Å². The molecule has 0 radical (unpaired) electrons. The van der Waals surface area contributed by atoms with Gasteiger partial charge in [-0.1, -0.05) is 0 Å². The highest BCUT2D eigenvalue weighted by Crippen LogP contribution is 2.30. The number of halogens is 3. The van der Waals surface area contributed by atoms with Gasteiger partial charge >= 0.3 is 18.1 Å². The number of carboxylic acid groups (broad SMARTS) is 1. The topological polar surface area (TPSA) is 133 Å². The summed E-state index contributed by atoms with van der Waals surface area (Å²) in [5.74, 6) is -2.18. The Balaban J connectivity index is 1.75. The molecule has 1 saturated heterocycles. The van der Waals surface area contributed by atoms with Gasteiger partial charge in [-0.05, 0) is 26.2 Å². The summed E-state index contributed by atoms with van der Waals surface area (Å²) in [6, 6.07) is 3.39. The summed E-state index contributed by atoms with van der Waals surface area (Å²) in [6.45, 7) is 2.80. The largest absolute Gasteiger partial charge is 0.481 e. The molecule has 0 aliphatic carbocycles. The molecule has 10 nitrogen and oxygen atoms in total. The van der Waals surface area contributed by atoms with Crippen molar-refractivity contribution in [3.8, 4) is 0 Å². The molecular formula is C19H23F3N6O4. The number of anilines is 3. The Morgan fingerprint density at radius 1 is 1.38 bits per heavy atom. The highest BCUT2D eigenvalue weighted by Gasteiger charge is 2.40. The molecular weight excluding hydrogens is 433 g/mol. The lowest BCUT2D eigenvalue weighted by Crippen LogP contribution is -2.45. The third kappa shape index (κ3) is 6.08. The lowest BCUT2D eigenvalue weighted by molar-refractivity contribution is -0.216. The van der Waals surface area contributed by atoms with Crippen LogP contribution < -0.4 is 10.2 Å². The second-order valence-electron chi connectivity index (χ2n) is 7.71. The number of piperidine rings is 1. The average Bonchev–Trinajstić information content (AvgIpc) is 3.19. The van der Waals surface area contributed by atoms with E-state index in [1.54, 1.807) is 30.2 Å². The SMILES string of the molecule is Cc1cc(Nc2ccn[nH]2)nc(N2C[C@H](CC(=O)O[C@@H](C)C(F)(F)F)C[C@@H](C(=O)O)C2)n1. The number of hydrogen-bond donors (Lipinski definition) is 3. The Morgan fingerprint density at radius 2 is 2.12 bits per heavy atom. The molecule has 3 N–H and O–H groups in total. The molecule has 3 atom stereocenters. The molecule has 174 valence electrons. The van der Waals surface area contributed by atoms with Crippen LogP contribution >= 0.6 is 0 Å². The molecule has 1 fully saturated rings. The van der Waals surface area contributed by atoms with Gasteiger partial charge in [-0.25, -0.2) is 4.98 Å². The van der Waals surface area contributed by atoms with Crippen LogP contribution in [-0.2, 0) is 14.3 Å². The van der Waals surface area contributed by atoms with Crippen molar-refractivity contribution in [3.63, 3.8) is 0 Å². The van der Waals surface area contributed by atoms with Gasteiger partial charge in [0, 0.05) is 30.9 Å². The van der Waals surface area contributed by atoms with Crippen LogP contribution in [0.15, 0.2) is 18.3 Å². The van der Waals surface area contributed by atoms with Crippen molar-refractivity contribution in [1.82, 2.24) is 20.2 Å². The molecule has 32 heavy (non-hydrogen) atoms. The number of aliphatic carboxylic acids is 1. The standard InChI is InChI=1S/C19H23F3N6O4/c1-10-5-15(25-14-3-4-23-27-14)26-18(24-10)28-8-12(6-13(9-28)17(30)31)7-16(29)32-11(2)19(20,21)22/h3-5,11-13H,6-9H2,1-2H3,(H,30,31)(H2,23,24,25,26,27)/t11-,12-,13+/m0/s1. The molecule has 13 heteroatoms. The minimum absolute atomic E-state index is 0.104. The molecule has 0 unspecified atom stereocenters. The second-order valence-corrected chi connectivity index (χ2v) is 7.71. The first kappa shape index (κ1) is 23.3. The summed E-state index contributed by atoms with van der Waals surface area (Å²) in [6.07, 6.45) is -5.55. The molecule has 0 saturated carbocycles. The number of aryl methyl sites for hydroxylation is 1. The van der Waals surface area contributed by atoms with Crippen molar-refractivity contribution in [3.05, 3.63) is 24.0 Å². The Bertz CT molecular complexity index is 953. The number of nitrogens with zero attached hydrogens (tertiary/aromatic N) is 4. The summed E-state index contributed by atoms with van der Waals surface area (Å²) in [5, 5.41) is 19.1. The molecule has 3 heterocycles. The van der Waals surface area contributed by atoms with Crippen LogP contribution in [-0.4, -0.2) is 62.6 Å². The summed E-state index contributed by atoms with van der Waals surface area (Å²) in [7, 11) is 0. The van der Waals surface area contributed by atoms with E-state index in [1.807, 2.05) is 0 Å². The van der Waals surface area contributed by atoms with E-state index in [4.69, 9.17) is 0 Å². The Labute approximate surface area is 181 Å². The molecule has 2 aromatic heterocycles. The zero-order valence-corrected chi connectivity index (χ0v) is 17.4. The lowest BCUT2D eigenvalue weighted by Gasteiger charge is -2.36. The maximum atomic E-state index is 12.7. The number of esters is 1. The van der Waals surface area contributed by atoms with E-state index in [9.17, 15) is 27.9 Å². The predicted octanol–water partition coefficient (Wildman–Crippen LogP) is 2.66. The van der Waals surface area contributed by atoms with Crippen LogP contribution in [0.2, 0.25) is 0 Å². The van der Waals surface area contributed by atoms with Gasteiger partial charge in [0.2, 0.25) is 5.95 Å². The van der Waals surface area contributed by atoms with Crippen molar-refractivity contribution < 1.29 is 32.6 Å². The third-order valence-corrected chi connectivity index (χ3v) is 5.00. The van der Waals surface area contributed by atoms with Crippen LogP contribution in [0.1, 0.15) is 25.5 Å². The number of rotatable bonds is 7. The summed E-state index contributed by atoms with van der Waals surface area (Å²) < 4.78 is 42.4. The van der Waals surface area contributed by atoms with Gasteiger partial charge in [0.1, 0.15) is 11.6 Å². The first-order chi connectivity index (χ1) is 15.0. The van der Waals surface area contributed by atoms with Gasteiger partial charge in [0.15, 0.2) is 6.10 Å². The zero-order valence-electron chi connectivity index (χ0n) is 17.4. The molecule has 2 aromatic rings. The number of alkyl halides is 3. The number of hydrogen-bond acceptors (Lipinski definition) is 8. The number of carbonyl (C=O) groups is 2. The zero-order chi connectivity index (χ0) is 23.5. The predicted molar refractivity (Wildman–Crippen MR) is 106 cm³/mol.